The second-order valence-electron chi connectivity index (χ2n) is 5.70. The second kappa shape index (κ2) is 9.64. The van der Waals surface area contributed by atoms with Crippen LogP contribution >= 0.6 is 11.8 Å². The predicted molar refractivity (Wildman–Crippen MR) is 86.0 cm³/mol. The average Bonchev–Trinajstić information content (AvgIpc) is 2.49. The first kappa shape index (κ1) is 17.8. The molecular formula is C15H30N2O2S. The van der Waals surface area contributed by atoms with Crippen LogP contribution in [0.15, 0.2) is 0 Å². The molecule has 0 unspecified atom stereocenters. The zero-order valence-electron chi connectivity index (χ0n) is 13.0. The number of rotatable bonds is 9. The van der Waals surface area contributed by atoms with Gasteiger partial charge in [0.25, 0.3) is 0 Å². The highest BCUT2D eigenvalue weighted by atomic mass is 32.2. The Morgan fingerprint density at radius 2 is 2.10 bits per heavy atom. The minimum Gasteiger partial charge on any atom is -0.373 e. The van der Waals surface area contributed by atoms with E-state index in [0.717, 1.165) is 38.0 Å². The first-order valence-corrected chi connectivity index (χ1v) is 9.19. The molecule has 3 N–H and O–H groups in total. The van der Waals surface area contributed by atoms with Crippen molar-refractivity contribution in [2.75, 3.05) is 25.2 Å². The summed E-state index contributed by atoms with van der Waals surface area (Å²) in [5.74, 6) is 0.885. The summed E-state index contributed by atoms with van der Waals surface area (Å²) in [5.41, 5.74) is 5.75. The molecule has 5 heteroatoms. The molecule has 1 rings (SSSR count). The van der Waals surface area contributed by atoms with Crippen LogP contribution in [-0.4, -0.2) is 42.7 Å². The number of nitrogens with two attached hydrogens (primary N) is 1. The van der Waals surface area contributed by atoms with E-state index >= 15 is 0 Å². The maximum atomic E-state index is 12.0. The lowest BCUT2D eigenvalue weighted by molar-refractivity contribution is -0.125. The number of ether oxygens (including phenoxy) is 1. The average molecular weight is 302 g/mol. The van der Waals surface area contributed by atoms with E-state index in [4.69, 9.17) is 10.5 Å². The lowest BCUT2D eigenvalue weighted by Gasteiger charge is -2.37. The SMILES string of the molecule is CCCOC1(CNC(=O)[C@@H](N)CCSC)CCCCC1. The Bertz CT molecular complexity index is 281. The summed E-state index contributed by atoms with van der Waals surface area (Å²) >= 11 is 1.72. The van der Waals surface area contributed by atoms with Gasteiger partial charge in [0.05, 0.1) is 11.6 Å². The number of amides is 1. The van der Waals surface area contributed by atoms with Gasteiger partial charge in [0, 0.05) is 13.2 Å². The number of nitrogens with one attached hydrogen (secondary N) is 1. The largest absolute Gasteiger partial charge is 0.373 e. The van der Waals surface area contributed by atoms with Gasteiger partial charge in [-0.3, -0.25) is 4.79 Å². The van der Waals surface area contributed by atoms with Crippen LogP contribution in [0.4, 0.5) is 0 Å². The quantitative estimate of drug-likeness (QED) is 0.686. The van der Waals surface area contributed by atoms with Crippen LogP contribution in [-0.2, 0) is 9.53 Å². The summed E-state index contributed by atoms with van der Waals surface area (Å²) < 4.78 is 6.07. The van der Waals surface area contributed by atoms with Crippen LogP contribution in [0.5, 0.6) is 0 Å². The van der Waals surface area contributed by atoms with Crippen LogP contribution in [0.1, 0.15) is 51.9 Å². The summed E-state index contributed by atoms with van der Waals surface area (Å²) in [6.45, 7) is 3.50. The number of carbonyl (C=O) groups is 1. The van der Waals surface area contributed by atoms with E-state index in [0.29, 0.717) is 6.54 Å². The van der Waals surface area contributed by atoms with Crippen molar-refractivity contribution < 1.29 is 9.53 Å². The van der Waals surface area contributed by atoms with E-state index in [-0.39, 0.29) is 11.5 Å². The molecule has 1 atom stereocenters. The van der Waals surface area contributed by atoms with Crippen molar-refractivity contribution in [2.45, 2.75) is 63.5 Å². The topological polar surface area (TPSA) is 64.3 Å². The fourth-order valence-electron chi connectivity index (χ4n) is 2.64. The molecule has 0 aliphatic heterocycles. The molecule has 1 aliphatic carbocycles. The molecule has 20 heavy (non-hydrogen) atoms. The van der Waals surface area contributed by atoms with Gasteiger partial charge in [0.1, 0.15) is 0 Å². The third-order valence-corrected chi connectivity index (χ3v) is 4.58. The molecule has 0 bridgehead atoms. The Labute approximate surface area is 127 Å². The molecular weight excluding hydrogens is 272 g/mol. The molecule has 1 fully saturated rings. The highest BCUT2D eigenvalue weighted by molar-refractivity contribution is 7.98. The van der Waals surface area contributed by atoms with Gasteiger partial charge in [0.2, 0.25) is 5.91 Å². The van der Waals surface area contributed by atoms with E-state index < -0.39 is 6.04 Å². The Balaban J connectivity index is 2.42. The molecule has 1 aliphatic rings. The third-order valence-electron chi connectivity index (χ3n) is 3.93. The van der Waals surface area contributed by atoms with E-state index in [1.807, 2.05) is 6.26 Å². The summed E-state index contributed by atoms with van der Waals surface area (Å²) in [7, 11) is 0. The van der Waals surface area contributed by atoms with Crippen LogP contribution in [0, 0.1) is 0 Å². The predicted octanol–water partition coefficient (Wildman–Crippen LogP) is 2.31. The zero-order chi connectivity index (χ0) is 14.8. The number of hydrogen-bond acceptors (Lipinski definition) is 4. The summed E-state index contributed by atoms with van der Waals surface area (Å²) in [6.07, 6.45) is 9.54. The minimum atomic E-state index is -0.394. The van der Waals surface area contributed by atoms with Crippen molar-refractivity contribution in [1.82, 2.24) is 5.32 Å². The fourth-order valence-corrected chi connectivity index (χ4v) is 3.13. The third kappa shape index (κ3) is 6.02. The summed E-state index contributed by atoms with van der Waals surface area (Å²) in [5, 5.41) is 3.01. The number of thioether (sulfide) groups is 1. The molecule has 0 aromatic heterocycles. The first-order chi connectivity index (χ1) is 9.63. The Hall–Kier alpha value is -0.260. The summed E-state index contributed by atoms with van der Waals surface area (Å²) in [6, 6.07) is -0.394. The normalized spacial score (nSPS) is 19.6. The number of carbonyl (C=O) groups excluding carboxylic acids is 1. The van der Waals surface area contributed by atoms with Gasteiger partial charge < -0.3 is 15.8 Å². The van der Waals surface area contributed by atoms with Gasteiger partial charge in [-0.1, -0.05) is 26.2 Å². The number of hydrogen-bond donors (Lipinski definition) is 2. The maximum absolute atomic E-state index is 12.0. The molecule has 0 aromatic carbocycles. The van der Waals surface area contributed by atoms with Crippen LogP contribution in [0.3, 0.4) is 0 Å². The van der Waals surface area contributed by atoms with Crippen molar-refractivity contribution in [1.29, 1.82) is 0 Å². The van der Waals surface area contributed by atoms with Crippen molar-refractivity contribution in [3.63, 3.8) is 0 Å². The highest BCUT2D eigenvalue weighted by Gasteiger charge is 2.33. The van der Waals surface area contributed by atoms with E-state index in [9.17, 15) is 4.79 Å². The van der Waals surface area contributed by atoms with Gasteiger partial charge in [-0.05, 0) is 37.7 Å². The molecule has 0 aromatic rings. The van der Waals surface area contributed by atoms with Gasteiger partial charge in [-0.15, -0.1) is 0 Å². The Morgan fingerprint density at radius 3 is 2.70 bits per heavy atom. The van der Waals surface area contributed by atoms with Gasteiger partial charge in [-0.25, -0.2) is 0 Å². The monoisotopic (exact) mass is 302 g/mol. The molecule has 118 valence electrons. The standard InChI is InChI=1S/C15H30N2O2S/c1-3-10-19-15(8-5-4-6-9-15)12-17-14(18)13(16)7-11-20-2/h13H,3-12,16H2,1-2H3,(H,17,18)/t13-/m0/s1. The van der Waals surface area contributed by atoms with E-state index in [1.54, 1.807) is 11.8 Å². The van der Waals surface area contributed by atoms with Gasteiger partial charge in [-0.2, -0.15) is 11.8 Å². The minimum absolute atomic E-state index is 0.0379. The molecule has 0 spiro atoms. The first-order valence-electron chi connectivity index (χ1n) is 7.80. The van der Waals surface area contributed by atoms with Crippen molar-refractivity contribution in [3.8, 4) is 0 Å². The Kier molecular flexibility index (Phi) is 8.57. The Morgan fingerprint density at radius 1 is 1.40 bits per heavy atom. The van der Waals surface area contributed by atoms with E-state index in [2.05, 4.69) is 12.2 Å². The molecule has 0 saturated heterocycles. The molecule has 1 amide bonds. The highest BCUT2D eigenvalue weighted by Crippen LogP contribution is 2.31. The van der Waals surface area contributed by atoms with Crippen LogP contribution < -0.4 is 11.1 Å². The molecule has 0 radical (unpaired) electrons. The van der Waals surface area contributed by atoms with Crippen molar-refractivity contribution >= 4 is 17.7 Å². The smallest absolute Gasteiger partial charge is 0.237 e. The molecule has 4 nitrogen and oxygen atoms in total. The van der Waals surface area contributed by atoms with E-state index in [1.165, 1.54) is 19.3 Å². The zero-order valence-corrected chi connectivity index (χ0v) is 13.8. The fraction of sp³-hybridized carbons (Fsp3) is 0.933. The molecule has 0 heterocycles. The van der Waals surface area contributed by atoms with Crippen molar-refractivity contribution in [2.24, 2.45) is 5.73 Å². The second-order valence-corrected chi connectivity index (χ2v) is 6.68. The van der Waals surface area contributed by atoms with Crippen LogP contribution in [0.2, 0.25) is 0 Å². The van der Waals surface area contributed by atoms with Crippen molar-refractivity contribution in [3.05, 3.63) is 0 Å². The van der Waals surface area contributed by atoms with Gasteiger partial charge >= 0.3 is 0 Å². The molecule has 1 saturated carbocycles. The lowest BCUT2D eigenvalue weighted by atomic mass is 9.84. The van der Waals surface area contributed by atoms with Crippen LogP contribution in [0.25, 0.3) is 0 Å². The maximum Gasteiger partial charge on any atom is 0.237 e. The summed E-state index contributed by atoms with van der Waals surface area (Å²) in [4.78, 5) is 12.0. The lowest BCUT2D eigenvalue weighted by Crippen LogP contribution is -2.50. The van der Waals surface area contributed by atoms with Gasteiger partial charge in [0.15, 0.2) is 0 Å².